The number of morpholine rings is 1. The minimum absolute atomic E-state index is 0.0592. The van der Waals surface area contributed by atoms with E-state index < -0.39 is 5.60 Å². The van der Waals surface area contributed by atoms with Crippen LogP contribution in [0, 0.1) is 0 Å². The Morgan fingerprint density at radius 2 is 2.09 bits per heavy atom. The van der Waals surface area contributed by atoms with Crippen LogP contribution < -0.4 is 9.64 Å². The highest BCUT2D eigenvalue weighted by Crippen LogP contribution is 2.39. The summed E-state index contributed by atoms with van der Waals surface area (Å²) >= 11 is 6.56. The largest absolute Gasteiger partial charge is 0.456 e. The number of rotatable bonds is 4. The van der Waals surface area contributed by atoms with Crippen LogP contribution in [-0.2, 0) is 14.2 Å². The van der Waals surface area contributed by atoms with Gasteiger partial charge in [0.05, 0.1) is 48.8 Å². The highest BCUT2D eigenvalue weighted by molar-refractivity contribution is 6.33. The average Bonchev–Trinajstić information content (AvgIpc) is 3.47. The Morgan fingerprint density at radius 1 is 1.22 bits per heavy atom. The first-order valence-electron chi connectivity index (χ1n) is 10.9. The van der Waals surface area contributed by atoms with E-state index in [0.29, 0.717) is 41.1 Å². The van der Waals surface area contributed by atoms with Gasteiger partial charge in [0.2, 0.25) is 0 Å². The van der Waals surface area contributed by atoms with Gasteiger partial charge in [-0.2, -0.15) is 4.98 Å². The van der Waals surface area contributed by atoms with Crippen molar-refractivity contribution in [3.63, 3.8) is 0 Å². The molecule has 0 spiro atoms. The number of hydrogen-bond acceptors (Lipinski definition) is 8. The van der Waals surface area contributed by atoms with Crippen LogP contribution in [0.15, 0.2) is 24.4 Å². The number of nitrogens with zero attached hydrogens (tertiary/aromatic N) is 4. The number of nitrogens with one attached hydrogen (secondary N) is 1. The molecule has 9 nitrogen and oxygen atoms in total. The maximum atomic E-state index is 6.56. The highest BCUT2D eigenvalue weighted by Gasteiger charge is 2.54. The molecule has 3 fully saturated rings. The van der Waals surface area contributed by atoms with Crippen molar-refractivity contribution in [2.45, 2.75) is 31.2 Å². The summed E-state index contributed by atoms with van der Waals surface area (Å²) in [5.74, 6) is 0.921. The predicted octanol–water partition coefficient (Wildman–Crippen LogP) is 2.84. The lowest BCUT2D eigenvalue weighted by molar-refractivity contribution is -0.0551. The summed E-state index contributed by atoms with van der Waals surface area (Å²) in [6, 6.07) is 6.17. The summed E-state index contributed by atoms with van der Waals surface area (Å²) in [6.45, 7) is 6.30. The second kappa shape index (κ2) is 7.84. The molecule has 3 aliphatic heterocycles. The van der Waals surface area contributed by atoms with Gasteiger partial charge >= 0.3 is 0 Å². The minimum atomic E-state index is -0.455. The molecule has 6 rings (SSSR count). The molecule has 0 bridgehead atoms. The van der Waals surface area contributed by atoms with Gasteiger partial charge in [-0.1, -0.05) is 11.6 Å². The third-order valence-electron chi connectivity index (χ3n) is 6.54. The molecular weight excluding hydrogens is 434 g/mol. The van der Waals surface area contributed by atoms with Gasteiger partial charge in [0.1, 0.15) is 11.4 Å². The Balaban J connectivity index is 1.25. The summed E-state index contributed by atoms with van der Waals surface area (Å²) in [5, 5.41) is 0.518. The zero-order chi connectivity index (χ0) is 21.7. The summed E-state index contributed by atoms with van der Waals surface area (Å²) in [6.07, 6.45) is 2.50. The van der Waals surface area contributed by atoms with E-state index in [9.17, 15) is 0 Å². The number of ether oxygens (including phenoxy) is 4. The van der Waals surface area contributed by atoms with Crippen LogP contribution in [0.5, 0.6) is 6.01 Å². The lowest BCUT2D eigenvalue weighted by Gasteiger charge is -2.27. The van der Waals surface area contributed by atoms with Crippen LogP contribution >= 0.6 is 11.6 Å². The van der Waals surface area contributed by atoms with E-state index >= 15 is 0 Å². The van der Waals surface area contributed by atoms with Crippen molar-refractivity contribution in [1.82, 2.24) is 19.9 Å². The molecule has 3 aromatic heterocycles. The van der Waals surface area contributed by atoms with Gasteiger partial charge in [-0.25, -0.2) is 9.97 Å². The summed E-state index contributed by atoms with van der Waals surface area (Å²) < 4.78 is 23.3. The quantitative estimate of drug-likeness (QED) is 0.639. The lowest BCUT2D eigenvalue weighted by Crippen LogP contribution is -2.45. The molecule has 0 aliphatic carbocycles. The Bertz CT molecular complexity index is 1130. The minimum Gasteiger partial charge on any atom is -0.456 e. The van der Waals surface area contributed by atoms with Crippen LogP contribution in [0.3, 0.4) is 0 Å². The Kier molecular flexibility index (Phi) is 4.94. The van der Waals surface area contributed by atoms with E-state index in [1.165, 1.54) is 0 Å². The number of hydrogen-bond donors (Lipinski definition) is 1. The van der Waals surface area contributed by atoms with Crippen LogP contribution in [0.2, 0.25) is 5.02 Å². The van der Waals surface area contributed by atoms with E-state index in [4.69, 9.17) is 30.5 Å². The molecule has 168 valence electrons. The lowest BCUT2D eigenvalue weighted by atomic mass is 9.96. The number of imidazole rings is 1. The van der Waals surface area contributed by atoms with Crippen molar-refractivity contribution in [3.05, 3.63) is 29.4 Å². The predicted molar refractivity (Wildman–Crippen MR) is 118 cm³/mol. The van der Waals surface area contributed by atoms with Gasteiger partial charge in [0.15, 0.2) is 11.8 Å². The molecule has 6 heterocycles. The second-order valence-corrected chi connectivity index (χ2v) is 8.89. The van der Waals surface area contributed by atoms with Crippen molar-refractivity contribution < 1.29 is 18.9 Å². The van der Waals surface area contributed by atoms with Crippen LogP contribution in [-0.4, -0.2) is 77.3 Å². The van der Waals surface area contributed by atoms with E-state index in [1.807, 2.05) is 25.1 Å². The maximum Gasteiger partial charge on any atom is 0.296 e. The number of aromatic nitrogens is 4. The molecule has 3 saturated heterocycles. The number of aromatic amines is 1. The van der Waals surface area contributed by atoms with Crippen molar-refractivity contribution in [2.75, 3.05) is 44.4 Å². The molecule has 3 aromatic rings. The molecule has 0 amide bonds. The topological polar surface area (TPSA) is 94.6 Å². The Labute approximate surface area is 190 Å². The van der Waals surface area contributed by atoms with Gasteiger partial charge < -0.3 is 28.8 Å². The molecule has 0 radical (unpaired) electrons. The SMILES string of the molecule is C[C@]12OCC[C@H]1OCC2Oc1nc2nc(-c3ccc(N4CCOCC4)nc3)c(Cl)cc2[nH]1. The van der Waals surface area contributed by atoms with Gasteiger partial charge in [-0.3, -0.25) is 0 Å². The molecule has 32 heavy (non-hydrogen) atoms. The molecule has 1 unspecified atom stereocenters. The first-order chi connectivity index (χ1) is 15.6. The van der Waals surface area contributed by atoms with Crippen molar-refractivity contribution >= 4 is 28.6 Å². The van der Waals surface area contributed by atoms with Crippen LogP contribution in [0.1, 0.15) is 13.3 Å². The van der Waals surface area contributed by atoms with Gasteiger partial charge in [0.25, 0.3) is 6.01 Å². The third kappa shape index (κ3) is 3.40. The number of pyridine rings is 2. The van der Waals surface area contributed by atoms with E-state index in [0.717, 1.165) is 44.1 Å². The zero-order valence-corrected chi connectivity index (χ0v) is 18.5. The van der Waals surface area contributed by atoms with Crippen molar-refractivity contribution in [2.24, 2.45) is 0 Å². The smallest absolute Gasteiger partial charge is 0.296 e. The zero-order valence-electron chi connectivity index (χ0n) is 17.7. The average molecular weight is 458 g/mol. The van der Waals surface area contributed by atoms with Crippen molar-refractivity contribution in [3.8, 4) is 17.3 Å². The Hall–Kier alpha value is -2.46. The Morgan fingerprint density at radius 3 is 2.91 bits per heavy atom. The summed E-state index contributed by atoms with van der Waals surface area (Å²) in [4.78, 5) is 19.2. The molecular formula is C22H24ClN5O4. The number of H-pyrrole nitrogens is 1. The van der Waals surface area contributed by atoms with E-state index in [-0.39, 0.29) is 12.2 Å². The van der Waals surface area contributed by atoms with E-state index in [1.54, 1.807) is 6.20 Å². The molecule has 3 aliphatic rings. The van der Waals surface area contributed by atoms with Gasteiger partial charge in [-0.15, -0.1) is 0 Å². The van der Waals surface area contributed by atoms with Crippen LogP contribution in [0.4, 0.5) is 5.82 Å². The summed E-state index contributed by atoms with van der Waals surface area (Å²) in [7, 11) is 0. The van der Waals surface area contributed by atoms with Gasteiger partial charge in [0, 0.05) is 24.8 Å². The summed E-state index contributed by atoms with van der Waals surface area (Å²) in [5.41, 5.74) is 2.25. The number of halogens is 1. The maximum absolute atomic E-state index is 6.56. The number of fused-ring (bicyclic) bond motifs is 2. The molecule has 0 aromatic carbocycles. The first-order valence-corrected chi connectivity index (χ1v) is 11.3. The first kappa shape index (κ1) is 20.2. The monoisotopic (exact) mass is 457 g/mol. The van der Waals surface area contributed by atoms with Crippen LogP contribution in [0.25, 0.3) is 22.4 Å². The van der Waals surface area contributed by atoms with E-state index in [2.05, 4.69) is 24.8 Å². The molecule has 10 heteroatoms. The third-order valence-corrected chi connectivity index (χ3v) is 6.82. The highest BCUT2D eigenvalue weighted by atomic mass is 35.5. The molecule has 1 N–H and O–H groups in total. The normalized spacial score (nSPS) is 27.8. The standard InChI is InChI=1S/C22H24ClN5O4/c1-22-16(4-7-31-22)30-12-17(22)32-21-25-15-10-14(23)19(26-20(15)27-21)13-2-3-18(24-11-13)28-5-8-29-9-6-28/h2-3,10-11,16-17H,4-9,12H2,1H3,(H,25,26,27)/t16-,17?,22+/m1/s1. The fourth-order valence-electron chi connectivity index (χ4n) is 4.63. The second-order valence-electron chi connectivity index (χ2n) is 8.49. The van der Waals surface area contributed by atoms with Gasteiger partial charge in [-0.05, 0) is 31.5 Å². The number of anilines is 1. The molecule has 3 atom stereocenters. The fraction of sp³-hybridized carbons (Fsp3) is 0.500. The molecule has 0 saturated carbocycles. The van der Waals surface area contributed by atoms with Crippen molar-refractivity contribution in [1.29, 1.82) is 0 Å². The fourth-order valence-corrected chi connectivity index (χ4v) is 4.89.